The Morgan fingerprint density at radius 1 is 1.43 bits per heavy atom. The predicted octanol–water partition coefficient (Wildman–Crippen LogP) is 3.15. The Morgan fingerprint density at radius 2 is 2.17 bits per heavy atom. The van der Waals surface area contributed by atoms with Crippen molar-refractivity contribution in [1.29, 1.82) is 0 Å². The minimum absolute atomic E-state index is 0. The minimum atomic E-state index is 0. The van der Waals surface area contributed by atoms with E-state index in [1.807, 2.05) is 45.0 Å². The Hall–Kier alpha value is -1.29. The van der Waals surface area contributed by atoms with Gasteiger partial charge in [-0.3, -0.25) is 4.99 Å². The first-order valence-corrected chi connectivity index (χ1v) is 8.02. The third-order valence-electron chi connectivity index (χ3n) is 3.12. The van der Waals surface area contributed by atoms with Gasteiger partial charge in [0.05, 0.1) is 18.3 Å². The van der Waals surface area contributed by atoms with Crippen LogP contribution < -0.4 is 15.5 Å². The molecule has 2 aromatic heterocycles. The summed E-state index contributed by atoms with van der Waals surface area (Å²) < 4.78 is 5.62. The van der Waals surface area contributed by atoms with E-state index in [1.54, 1.807) is 18.4 Å². The summed E-state index contributed by atoms with van der Waals surface area (Å²) in [6, 6.07) is 3.99. The molecule has 1 atom stereocenters. The monoisotopic (exact) mass is 449 g/mol. The lowest BCUT2D eigenvalue weighted by Gasteiger charge is -2.15. The van der Waals surface area contributed by atoms with Crippen molar-refractivity contribution in [1.82, 2.24) is 15.6 Å². The number of rotatable bonds is 5. The molecule has 0 saturated heterocycles. The van der Waals surface area contributed by atoms with Crippen LogP contribution in [0.15, 0.2) is 26.9 Å². The van der Waals surface area contributed by atoms with Crippen molar-refractivity contribution < 1.29 is 4.42 Å². The number of aliphatic imine (C=N–C) groups is 1. The molecule has 0 aliphatic rings. The fraction of sp³-hybridized carbons (Fsp3) is 0.467. The van der Waals surface area contributed by atoms with Crippen molar-refractivity contribution in [3.05, 3.63) is 34.7 Å². The van der Waals surface area contributed by atoms with Gasteiger partial charge in [-0.2, -0.15) is 0 Å². The van der Waals surface area contributed by atoms with Crippen LogP contribution in [-0.4, -0.2) is 32.1 Å². The van der Waals surface area contributed by atoms with Gasteiger partial charge in [-0.25, -0.2) is 4.98 Å². The number of hydrogen-bond donors (Lipinski definition) is 2. The van der Waals surface area contributed by atoms with E-state index in [-0.39, 0.29) is 30.0 Å². The molecule has 8 heteroatoms. The van der Waals surface area contributed by atoms with Crippen molar-refractivity contribution in [3.63, 3.8) is 0 Å². The first-order chi connectivity index (χ1) is 10.5. The maximum absolute atomic E-state index is 5.62. The Morgan fingerprint density at radius 3 is 2.70 bits per heavy atom. The zero-order chi connectivity index (χ0) is 16.1. The third kappa shape index (κ3) is 5.69. The van der Waals surface area contributed by atoms with E-state index >= 15 is 0 Å². The summed E-state index contributed by atoms with van der Waals surface area (Å²) in [5.74, 6) is 2.52. The number of guanidine groups is 1. The molecule has 128 valence electrons. The highest BCUT2D eigenvalue weighted by Crippen LogP contribution is 2.18. The van der Waals surface area contributed by atoms with Crippen LogP contribution in [0.1, 0.15) is 30.2 Å². The number of thiazole rings is 1. The van der Waals surface area contributed by atoms with E-state index in [4.69, 9.17) is 4.42 Å². The summed E-state index contributed by atoms with van der Waals surface area (Å²) in [7, 11) is 5.73. The molecule has 1 unspecified atom stereocenters. The van der Waals surface area contributed by atoms with Crippen LogP contribution in [0, 0.1) is 6.92 Å². The summed E-state index contributed by atoms with van der Waals surface area (Å²) in [6.07, 6.45) is 0. The Labute approximate surface area is 158 Å². The van der Waals surface area contributed by atoms with Crippen LogP contribution in [0.2, 0.25) is 0 Å². The van der Waals surface area contributed by atoms with E-state index in [0.717, 1.165) is 28.3 Å². The molecule has 0 amide bonds. The van der Waals surface area contributed by atoms with Gasteiger partial charge in [0.1, 0.15) is 11.5 Å². The van der Waals surface area contributed by atoms with Crippen LogP contribution in [0.25, 0.3) is 0 Å². The zero-order valence-electron chi connectivity index (χ0n) is 14.1. The molecular formula is C15H24IN5OS. The molecule has 6 nitrogen and oxygen atoms in total. The Bertz CT molecular complexity index is 637. The predicted molar refractivity (Wildman–Crippen MR) is 107 cm³/mol. The molecule has 0 bridgehead atoms. The Kier molecular flexibility index (Phi) is 7.83. The smallest absolute Gasteiger partial charge is 0.191 e. The fourth-order valence-corrected chi connectivity index (χ4v) is 2.67. The van der Waals surface area contributed by atoms with Gasteiger partial charge in [-0.15, -0.1) is 35.3 Å². The molecule has 2 heterocycles. The summed E-state index contributed by atoms with van der Waals surface area (Å²) in [4.78, 5) is 10.8. The van der Waals surface area contributed by atoms with Crippen molar-refractivity contribution in [2.75, 3.05) is 26.0 Å². The average Bonchev–Trinajstić information content (AvgIpc) is 3.12. The number of nitrogens with zero attached hydrogens (tertiary/aromatic N) is 3. The maximum Gasteiger partial charge on any atom is 0.191 e. The number of halogens is 1. The first kappa shape index (κ1) is 19.8. The van der Waals surface area contributed by atoms with E-state index in [2.05, 4.69) is 26.0 Å². The van der Waals surface area contributed by atoms with Gasteiger partial charge >= 0.3 is 0 Å². The molecular weight excluding hydrogens is 425 g/mol. The van der Waals surface area contributed by atoms with Gasteiger partial charge in [0.2, 0.25) is 0 Å². The first-order valence-electron chi connectivity index (χ1n) is 7.15. The van der Waals surface area contributed by atoms with Crippen molar-refractivity contribution in [2.45, 2.75) is 26.4 Å². The highest BCUT2D eigenvalue weighted by Gasteiger charge is 2.11. The number of aromatic nitrogens is 1. The van der Waals surface area contributed by atoms with Gasteiger partial charge < -0.3 is 20.0 Å². The Balaban J connectivity index is 0.00000264. The van der Waals surface area contributed by atoms with Gasteiger partial charge in [0.25, 0.3) is 0 Å². The summed E-state index contributed by atoms with van der Waals surface area (Å²) in [5, 5.41) is 9.62. The van der Waals surface area contributed by atoms with Crippen LogP contribution >= 0.6 is 35.3 Å². The second-order valence-corrected chi connectivity index (χ2v) is 6.09. The van der Waals surface area contributed by atoms with E-state index in [0.29, 0.717) is 6.54 Å². The van der Waals surface area contributed by atoms with Gasteiger partial charge in [-0.05, 0) is 26.0 Å². The van der Waals surface area contributed by atoms with Crippen molar-refractivity contribution in [3.8, 4) is 0 Å². The quantitative estimate of drug-likeness (QED) is 0.417. The van der Waals surface area contributed by atoms with E-state index in [9.17, 15) is 0 Å². The average molecular weight is 449 g/mol. The summed E-state index contributed by atoms with van der Waals surface area (Å²) >= 11 is 1.63. The van der Waals surface area contributed by atoms with Crippen LogP contribution in [0.5, 0.6) is 0 Å². The standard InChI is InChI=1S/C15H23N5OS.HI/c1-10-6-7-13(21-10)11(2)18-14(16-3)17-8-12-9-22-15(19-12)20(4)5;/h6-7,9,11H,8H2,1-5H3,(H2,16,17,18);1H. The molecule has 0 radical (unpaired) electrons. The molecule has 0 spiro atoms. The van der Waals surface area contributed by atoms with Gasteiger partial charge in [-0.1, -0.05) is 0 Å². The second kappa shape index (κ2) is 9.11. The van der Waals surface area contributed by atoms with E-state index < -0.39 is 0 Å². The van der Waals surface area contributed by atoms with Crippen LogP contribution in [-0.2, 0) is 6.54 Å². The molecule has 0 fully saturated rings. The lowest BCUT2D eigenvalue weighted by atomic mass is 10.2. The fourth-order valence-electron chi connectivity index (χ4n) is 1.91. The van der Waals surface area contributed by atoms with Gasteiger partial charge in [0.15, 0.2) is 11.1 Å². The lowest BCUT2D eigenvalue weighted by molar-refractivity contribution is 0.441. The molecule has 23 heavy (non-hydrogen) atoms. The normalized spacial score (nSPS) is 12.5. The number of furan rings is 1. The highest BCUT2D eigenvalue weighted by atomic mass is 127. The minimum Gasteiger partial charge on any atom is -0.464 e. The molecule has 0 saturated carbocycles. The highest BCUT2D eigenvalue weighted by molar-refractivity contribution is 14.0. The maximum atomic E-state index is 5.62. The molecule has 2 rings (SSSR count). The zero-order valence-corrected chi connectivity index (χ0v) is 17.2. The molecule has 2 N–H and O–H groups in total. The number of nitrogens with one attached hydrogen (secondary N) is 2. The summed E-state index contributed by atoms with van der Waals surface area (Å²) in [5.41, 5.74) is 0.998. The third-order valence-corrected chi connectivity index (χ3v) is 4.18. The summed E-state index contributed by atoms with van der Waals surface area (Å²) in [6.45, 7) is 4.61. The number of anilines is 1. The van der Waals surface area contributed by atoms with E-state index in [1.165, 1.54) is 0 Å². The van der Waals surface area contributed by atoms with Crippen molar-refractivity contribution >= 4 is 46.4 Å². The SMILES string of the molecule is CN=C(NCc1csc(N(C)C)n1)NC(C)c1ccc(C)o1.I. The van der Waals surface area contributed by atoms with Crippen LogP contribution in [0.3, 0.4) is 0 Å². The van der Waals surface area contributed by atoms with Crippen LogP contribution in [0.4, 0.5) is 5.13 Å². The van der Waals surface area contributed by atoms with Gasteiger partial charge in [0, 0.05) is 26.5 Å². The number of aryl methyl sites for hydroxylation is 1. The van der Waals surface area contributed by atoms with Crippen molar-refractivity contribution in [2.24, 2.45) is 4.99 Å². The largest absolute Gasteiger partial charge is 0.464 e. The topological polar surface area (TPSA) is 65.7 Å². The second-order valence-electron chi connectivity index (χ2n) is 5.26. The number of hydrogen-bond acceptors (Lipinski definition) is 5. The molecule has 0 aliphatic heterocycles. The molecule has 0 aliphatic carbocycles. The molecule has 2 aromatic rings. The molecule has 0 aromatic carbocycles. The lowest BCUT2D eigenvalue weighted by Crippen LogP contribution is -2.38.